The summed E-state index contributed by atoms with van der Waals surface area (Å²) in [7, 11) is 0. The zero-order valence-electron chi connectivity index (χ0n) is 46.6. The normalized spacial score (nSPS) is 13.3. The fourth-order valence-corrected chi connectivity index (χ4v) is 7.23. The molecule has 0 aliphatic carbocycles. The molecule has 0 spiro atoms. The Kier molecular flexibility index (Phi) is 55.5. The van der Waals surface area contributed by atoms with Gasteiger partial charge in [0.25, 0.3) is 0 Å². The van der Waals surface area contributed by atoms with E-state index in [-0.39, 0.29) is 44.0 Å². The van der Waals surface area contributed by atoms with E-state index in [1.807, 2.05) is 12.2 Å². The van der Waals surface area contributed by atoms with Crippen molar-refractivity contribution >= 4 is 17.9 Å². The largest absolute Gasteiger partial charge is 0.462 e. The second-order valence-electron chi connectivity index (χ2n) is 18.4. The van der Waals surface area contributed by atoms with Gasteiger partial charge in [-0.1, -0.05) is 230 Å². The van der Waals surface area contributed by atoms with Gasteiger partial charge in [0.05, 0.1) is 0 Å². The van der Waals surface area contributed by atoms with Crippen molar-refractivity contribution in [3.05, 3.63) is 158 Å². The van der Waals surface area contributed by atoms with Crippen LogP contribution in [0.1, 0.15) is 226 Å². The molecule has 0 aliphatic rings. The Morgan fingerprint density at radius 1 is 0.288 bits per heavy atom. The van der Waals surface area contributed by atoms with Crippen LogP contribution in [0.4, 0.5) is 0 Å². The van der Waals surface area contributed by atoms with Crippen LogP contribution in [0, 0.1) is 0 Å². The molecule has 1 atom stereocenters. The van der Waals surface area contributed by atoms with Crippen LogP contribution in [0.15, 0.2) is 158 Å². The van der Waals surface area contributed by atoms with Crippen molar-refractivity contribution in [3.63, 3.8) is 0 Å². The molecule has 408 valence electrons. The third-order valence-corrected chi connectivity index (χ3v) is 11.5. The Hall–Kier alpha value is -4.97. The Morgan fingerprint density at radius 3 is 0.932 bits per heavy atom. The molecule has 6 heteroatoms. The summed E-state index contributed by atoms with van der Waals surface area (Å²) in [6.07, 6.45) is 86.7. The molecule has 0 aromatic heterocycles. The molecule has 0 fully saturated rings. The SMILES string of the molecule is CC/C=C\C/C=C\C/C=C\C/C=C\C/C=C\C/C=C\CCC(=O)OC[C@@H](COC(=O)CCCCCCCCC/C=C\C/C=C\CCCCC)OC(=O)CCCCC/C=C\C/C=C\C/C=C\C/C=C\C/C=C\CC. The summed E-state index contributed by atoms with van der Waals surface area (Å²) in [4.78, 5) is 38.2. The Balaban J connectivity index is 4.61. The van der Waals surface area contributed by atoms with Crippen molar-refractivity contribution in [2.75, 3.05) is 13.2 Å². The molecule has 0 heterocycles. The molecule has 0 rings (SSSR count). The number of esters is 3. The lowest BCUT2D eigenvalue weighted by Crippen LogP contribution is -2.30. The second kappa shape index (κ2) is 59.6. The third-order valence-electron chi connectivity index (χ3n) is 11.5. The molecular weight excluding hydrogens is 901 g/mol. The fourth-order valence-electron chi connectivity index (χ4n) is 7.23. The highest BCUT2D eigenvalue weighted by atomic mass is 16.6. The van der Waals surface area contributed by atoms with Gasteiger partial charge < -0.3 is 14.2 Å². The van der Waals surface area contributed by atoms with Crippen LogP contribution >= 0.6 is 0 Å². The first-order valence-electron chi connectivity index (χ1n) is 29.0. The maximum Gasteiger partial charge on any atom is 0.306 e. The highest BCUT2D eigenvalue weighted by Crippen LogP contribution is 2.13. The summed E-state index contributed by atoms with van der Waals surface area (Å²) in [6.45, 7) is 6.27. The number of allylic oxidation sites excluding steroid dienone is 26. The van der Waals surface area contributed by atoms with Crippen LogP contribution in [-0.2, 0) is 28.6 Å². The molecule has 0 unspecified atom stereocenters. The summed E-state index contributed by atoms with van der Waals surface area (Å²) in [6, 6.07) is 0. The van der Waals surface area contributed by atoms with E-state index in [1.54, 1.807) is 0 Å². The molecule has 0 saturated carbocycles. The van der Waals surface area contributed by atoms with Crippen LogP contribution in [0.25, 0.3) is 0 Å². The zero-order chi connectivity index (χ0) is 52.9. The minimum Gasteiger partial charge on any atom is -0.462 e. The van der Waals surface area contributed by atoms with Crippen LogP contribution in [0.3, 0.4) is 0 Å². The molecule has 0 aliphatic heterocycles. The average molecular weight is 1010 g/mol. The number of unbranched alkanes of at least 4 members (excludes halogenated alkanes) is 13. The number of carbonyl (C=O) groups is 3. The van der Waals surface area contributed by atoms with Gasteiger partial charge in [0.2, 0.25) is 0 Å². The van der Waals surface area contributed by atoms with Gasteiger partial charge in [-0.2, -0.15) is 0 Å². The van der Waals surface area contributed by atoms with Crippen molar-refractivity contribution in [3.8, 4) is 0 Å². The Bertz CT molecular complexity index is 1670. The van der Waals surface area contributed by atoms with E-state index in [0.717, 1.165) is 122 Å². The molecular formula is C67H104O6. The van der Waals surface area contributed by atoms with E-state index < -0.39 is 6.10 Å². The molecule has 0 aromatic rings. The number of ether oxygens (including phenoxy) is 3. The van der Waals surface area contributed by atoms with E-state index in [1.165, 1.54) is 51.4 Å². The molecule has 0 bridgehead atoms. The third kappa shape index (κ3) is 57.8. The zero-order valence-corrected chi connectivity index (χ0v) is 46.6. The van der Waals surface area contributed by atoms with Crippen molar-refractivity contribution in [1.29, 1.82) is 0 Å². The first-order valence-corrected chi connectivity index (χ1v) is 29.0. The van der Waals surface area contributed by atoms with Gasteiger partial charge in [-0.25, -0.2) is 0 Å². The molecule has 0 amide bonds. The van der Waals surface area contributed by atoms with E-state index >= 15 is 0 Å². The molecule has 0 aromatic carbocycles. The van der Waals surface area contributed by atoms with Gasteiger partial charge in [-0.05, 0) is 135 Å². The fraction of sp³-hybridized carbons (Fsp3) is 0.567. The highest BCUT2D eigenvalue weighted by Gasteiger charge is 2.19. The topological polar surface area (TPSA) is 78.9 Å². The summed E-state index contributed by atoms with van der Waals surface area (Å²) >= 11 is 0. The average Bonchev–Trinajstić information content (AvgIpc) is 3.39. The molecule has 6 nitrogen and oxygen atoms in total. The maximum atomic E-state index is 12.9. The van der Waals surface area contributed by atoms with Crippen LogP contribution in [0.5, 0.6) is 0 Å². The van der Waals surface area contributed by atoms with Gasteiger partial charge in [-0.15, -0.1) is 0 Å². The van der Waals surface area contributed by atoms with Crippen molar-refractivity contribution < 1.29 is 28.6 Å². The Labute approximate surface area is 448 Å². The molecule has 0 N–H and O–H groups in total. The van der Waals surface area contributed by atoms with Crippen LogP contribution in [-0.4, -0.2) is 37.2 Å². The molecule has 0 saturated heterocycles. The summed E-state index contributed by atoms with van der Waals surface area (Å²) in [5.41, 5.74) is 0. The lowest BCUT2D eigenvalue weighted by atomic mass is 10.1. The highest BCUT2D eigenvalue weighted by molar-refractivity contribution is 5.71. The predicted molar refractivity (Wildman–Crippen MR) is 315 cm³/mol. The maximum absolute atomic E-state index is 12.9. The summed E-state index contributed by atoms with van der Waals surface area (Å²) in [5.74, 6) is -1.06. The number of carbonyl (C=O) groups excluding carboxylic acids is 3. The standard InChI is InChI=1S/C67H104O6/c1-4-7-10-13-16-19-22-25-28-31-33-36-39-42-45-48-51-54-57-60-66(69)72-63-64(62-71-65(68)59-56-53-50-47-44-41-38-35-30-27-24-21-18-15-12-9-6-3)73-67(70)61-58-55-52-49-46-43-40-37-34-32-29-26-23-20-17-14-11-8-5-2/h7-8,10-11,16-21,25-30,33-34,36-37,42-43,45-46,51,54,64H,4-6,9,12-15,22-24,31-32,35,38-41,44,47-50,52-53,55-63H2,1-3H3/b10-7-,11-8-,19-16-,20-17-,21-18-,28-25-,29-26-,30-27-,36-33-,37-34-,45-42-,46-43-,54-51-/t64-/m1/s1. The van der Waals surface area contributed by atoms with Crippen LogP contribution < -0.4 is 0 Å². The summed E-state index contributed by atoms with van der Waals surface area (Å²) in [5, 5.41) is 0. The van der Waals surface area contributed by atoms with E-state index in [0.29, 0.717) is 19.3 Å². The Morgan fingerprint density at radius 2 is 0.562 bits per heavy atom. The lowest BCUT2D eigenvalue weighted by Gasteiger charge is -2.18. The van der Waals surface area contributed by atoms with Crippen molar-refractivity contribution in [2.24, 2.45) is 0 Å². The van der Waals surface area contributed by atoms with Gasteiger partial charge in [-0.3, -0.25) is 14.4 Å². The van der Waals surface area contributed by atoms with Gasteiger partial charge in [0.15, 0.2) is 6.10 Å². The van der Waals surface area contributed by atoms with E-state index in [4.69, 9.17) is 14.2 Å². The number of rotatable bonds is 50. The minimum absolute atomic E-state index is 0.126. The lowest BCUT2D eigenvalue weighted by molar-refractivity contribution is -0.166. The number of hydrogen-bond donors (Lipinski definition) is 0. The quantitative estimate of drug-likeness (QED) is 0.0261. The van der Waals surface area contributed by atoms with E-state index in [2.05, 4.69) is 167 Å². The predicted octanol–water partition coefficient (Wildman–Crippen LogP) is 19.8. The van der Waals surface area contributed by atoms with Gasteiger partial charge >= 0.3 is 17.9 Å². The van der Waals surface area contributed by atoms with Crippen molar-refractivity contribution in [2.45, 2.75) is 232 Å². The minimum atomic E-state index is -0.838. The molecule has 73 heavy (non-hydrogen) atoms. The van der Waals surface area contributed by atoms with Gasteiger partial charge in [0, 0.05) is 19.3 Å². The van der Waals surface area contributed by atoms with Gasteiger partial charge in [0.1, 0.15) is 13.2 Å². The number of hydrogen-bond acceptors (Lipinski definition) is 6. The monoisotopic (exact) mass is 1000 g/mol. The summed E-state index contributed by atoms with van der Waals surface area (Å²) < 4.78 is 16.8. The van der Waals surface area contributed by atoms with E-state index in [9.17, 15) is 14.4 Å². The molecule has 0 radical (unpaired) electrons. The second-order valence-corrected chi connectivity index (χ2v) is 18.4. The first kappa shape index (κ1) is 68.0. The smallest absolute Gasteiger partial charge is 0.306 e. The first-order chi connectivity index (χ1) is 36.0. The van der Waals surface area contributed by atoms with Crippen molar-refractivity contribution in [1.82, 2.24) is 0 Å². The van der Waals surface area contributed by atoms with Crippen LogP contribution in [0.2, 0.25) is 0 Å².